The molecule has 1 aliphatic heterocycles. The number of carbonyl (C=O) groups is 2. The summed E-state index contributed by atoms with van der Waals surface area (Å²) in [5, 5.41) is -0.355. The first-order chi connectivity index (χ1) is 15.6. The SMILES string of the molecule is O=C1S/C(=C\c2ccccc2OCc2ccccc2)C(=O)N1CCOc1ccc(F)cc1. The van der Waals surface area contributed by atoms with Gasteiger partial charge in [-0.2, -0.15) is 0 Å². The van der Waals surface area contributed by atoms with Gasteiger partial charge in [0.25, 0.3) is 11.1 Å². The topological polar surface area (TPSA) is 55.8 Å². The molecular weight excluding hydrogens is 429 g/mol. The number of benzene rings is 3. The van der Waals surface area contributed by atoms with E-state index in [0.29, 0.717) is 23.0 Å². The third-order valence-corrected chi connectivity index (χ3v) is 5.62. The van der Waals surface area contributed by atoms with Crippen molar-refractivity contribution in [3.05, 3.63) is 101 Å². The van der Waals surface area contributed by atoms with Gasteiger partial charge in [0.05, 0.1) is 11.4 Å². The molecule has 0 unspecified atom stereocenters. The molecule has 3 aromatic carbocycles. The van der Waals surface area contributed by atoms with Crippen molar-refractivity contribution in [1.82, 2.24) is 4.90 Å². The first kappa shape index (κ1) is 21.6. The van der Waals surface area contributed by atoms with E-state index in [-0.39, 0.29) is 30.1 Å². The van der Waals surface area contributed by atoms with Crippen LogP contribution in [-0.2, 0) is 11.4 Å². The highest BCUT2D eigenvalue weighted by molar-refractivity contribution is 8.18. The highest BCUT2D eigenvalue weighted by Crippen LogP contribution is 2.34. The lowest BCUT2D eigenvalue weighted by atomic mass is 10.1. The highest BCUT2D eigenvalue weighted by Gasteiger charge is 2.35. The molecule has 2 amide bonds. The Morgan fingerprint density at radius 1 is 0.875 bits per heavy atom. The molecule has 0 bridgehead atoms. The minimum absolute atomic E-state index is 0.103. The Balaban J connectivity index is 1.40. The Labute approximate surface area is 189 Å². The molecule has 1 heterocycles. The van der Waals surface area contributed by atoms with Crippen molar-refractivity contribution < 1.29 is 23.5 Å². The van der Waals surface area contributed by atoms with Crippen LogP contribution in [0.4, 0.5) is 9.18 Å². The van der Waals surface area contributed by atoms with E-state index in [2.05, 4.69) is 0 Å². The Morgan fingerprint density at radius 3 is 2.38 bits per heavy atom. The third kappa shape index (κ3) is 5.36. The molecule has 3 aromatic rings. The average Bonchev–Trinajstić information content (AvgIpc) is 3.08. The summed E-state index contributed by atoms with van der Waals surface area (Å²) >= 11 is 0.886. The van der Waals surface area contributed by atoms with Crippen LogP contribution in [0.2, 0.25) is 0 Å². The van der Waals surface area contributed by atoms with Gasteiger partial charge in [0.15, 0.2) is 0 Å². The lowest BCUT2D eigenvalue weighted by Crippen LogP contribution is -2.32. The first-order valence-electron chi connectivity index (χ1n) is 9.99. The molecular formula is C25H20FNO4S. The molecule has 0 saturated carbocycles. The van der Waals surface area contributed by atoms with Crippen LogP contribution in [0.5, 0.6) is 11.5 Å². The van der Waals surface area contributed by atoms with E-state index in [4.69, 9.17) is 9.47 Å². The number of imide groups is 1. The van der Waals surface area contributed by atoms with Crippen LogP contribution < -0.4 is 9.47 Å². The number of nitrogens with zero attached hydrogens (tertiary/aromatic N) is 1. The van der Waals surface area contributed by atoms with Gasteiger partial charge in [-0.15, -0.1) is 0 Å². The fourth-order valence-electron chi connectivity index (χ4n) is 3.09. The van der Waals surface area contributed by atoms with Crippen molar-refractivity contribution >= 4 is 29.0 Å². The van der Waals surface area contributed by atoms with Crippen molar-refractivity contribution in [3.63, 3.8) is 0 Å². The second-order valence-corrected chi connectivity index (χ2v) is 7.94. The predicted molar refractivity (Wildman–Crippen MR) is 122 cm³/mol. The minimum Gasteiger partial charge on any atom is -0.492 e. The summed E-state index contributed by atoms with van der Waals surface area (Å²) in [6, 6.07) is 22.7. The maximum Gasteiger partial charge on any atom is 0.293 e. The summed E-state index contributed by atoms with van der Waals surface area (Å²) in [4.78, 5) is 26.6. The Kier molecular flexibility index (Phi) is 6.87. The zero-order valence-electron chi connectivity index (χ0n) is 17.1. The number of thioether (sulfide) groups is 1. The van der Waals surface area contributed by atoms with E-state index in [1.807, 2.05) is 54.6 Å². The van der Waals surface area contributed by atoms with Gasteiger partial charge in [-0.3, -0.25) is 14.5 Å². The number of hydrogen-bond acceptors (Lipinski definition) is 5. The van der Waals surface area contributed by atoms with E-state index < -0.39 is 0 Å². The molecule has 4 rings (SSSR count). The van der Waals surface area contributed by atoms with Crippen LogP contribution in [0.1, 0.15) is 11.1 Å². The molecule has 1 fully saturated rings. The Hall–Kier alpha value is -3.58. The number of hydrogen-bond donors (Lipinski definition) is 0. The van der Waals surface area contributed by atoms with Crippen LogP contribution in [0.3, 0.4) is 0 Å². The molecule has 0 N–H and O–H groups in total. The van der Waals surface area contributed by atoms with Crippen molar-refractivity contribution in [2.24, 2.45) is 0 Å². The average molecular weight is 450 g/mol. The molecule has 0 radical (unpaired) electrons. The van der Waals surface area contributed by atoms with Gasteiger partial charge < -0.3 is 9.47 Å². The first-order valence-corrected chi connectivity index (χ1v) is 10.8. The van der Waals surface area contributed by atoms with Crippen LogP contribution in [0, 0.1) is 5.82 Å². The highest BCUT2D eigenvalue weighted by atomic mass is 32.2. The zero-order chi connectivity index (χ0) is 22.3. The summed E-state index contributed by atoms with van der Waals surface area (Å²) in [7, 11) is 0. The Morgan fingerprint density at radius 2 is 1.59 bits per heavy atom. The predicted octanol–water partition coefficient (Wildman–Crippen LogP) is 5.52. The van der Waals surface area contributed by atoms with E-state index in [1.54, 1.807) is 6.08 Å². The van der Waals surface area contributed by atoms with Gasteiger partial charge in [0.2, 0.25) is 0 Å². The maximum absolute atomic E-state index is 13.0. The van der Waals surface area contributed by atoms with E-state index in [1.165, 1.54) is 24.3 Å². The number of para-hydroxylation sites is 1. The van der Waals surface area contributed by atoms with Crippen LogP contribution in [0.25, 0.3) is 6.08 Å². The molecule has 32 heavy (non-hydrogen) atoms. The molecule has 1 aliphatic rings. The van der Waals surface area contributed by atoms with Crippen molar-refractivity contribution in [3.8, 4) is 11.5 Å². The lowest BCUT2D eigenvalue weighted by molar-refractivity contribution is -0.123. The van der Waals surface area contributed by atoms with Crippen molar-refractivity contribution in [1.29, 1.82) is 0 Å². The molecule has 5 nitrogen and oxygen atoms in total. The fourth-order valence-corrected chi connectivity index (χ4v) is 3.94. The fraction of sp³-hybridized carbons (Fsp3) is 0.120. The van der Waals surface area contributed by atoms with Gasteiger partial charge in [-0.05, 0) is 53.7 Å². The molecule has 0 atom stereocenters. The van der Waals surface area contributed by atoms with Gasteiger partial charge in [-0.1, -0.05) is 48.5 Å². The van der Waals surface area contributed by atoms with Gasteiger partial charge in [0.1, 0.15) is 30.5 Å². The van der Waals surface area contributed by atoms with E-state index in [9.17, 15) is 14.0 Å². The molecule has 0 aromatic heterocycles. The lowest BCUT2D eigenvalue weighted by Gasteiger charge is -2.13. The standard InChI is InChI=1S/C25H20FNO4S/c26-20-10-12-21(13-11-20)30-15-14-27-24(28)23(32-25(27)29)16-19-8-4-5-9-22(19)31-17-18-6-2-1-3-7-18/h1-13,16H,14-15,17H2/b23-16-. The summed E-state index contributed by atoms with van der Waals surface area (Å²) in [6.07, 6.45) is 1.67. The molecule has 1 saturated heterocycles. The van der Waals surface area contributed by atoms with Crippen molar-refractivity contribution in [2.75, 3.05) is 13.2 Å². The second-order valence-electron chi connectivity index (χ2n) is 6.95. The number of ether oxygens (including phenoxy) is 2. The summed E-state index contributed by atoms with van der Waals surface area (Å²) in [6.45, 7) is 0.618. The van der Waals surface area contributed by atoms with Crippen LogP contribution in [-0.4, -0.2) is 29.2 Å². The van der Waals surface area contributed by atoms with Crippen LogP contribution in [0.15, 0.2) is 83.8 Å². The summed E-state index contributed by atoms with van der Waals surface area (Å²) < 4.78 is 24.4. The maximum atomic E-state index is 13.0. The largest absolute Gasteiger partial charge is 0.492 e. The van der Waals surface area contributed by atoms with E-state index >= 15 is 0 Å². The van der Waals surface area contributed by atoms with Crippen LogP contribution >= 0.6 is 11.8 Å². The summed E-state index contributed by atoms with van der Waals surface area (Å²) in [5.74, 6) is 0.364. The van der Waals surface area contributed by atoms with Gasteiger partial charge >= 0.3 is 0 Å². The molecule has 0 spiro atoms. The monoisotopic (exact) mass is 449 g/mol. The normalized spacial score (nSPS) is 14.8. The smallest absolute Gasteiger partial charge is 0.293 e. The quantitative estimate of drug-likeness (QED) is 0.424. The molecule has 162 valence electrons. The van der Waals surface area contributed by atoms with Gasteiger partial charge in [0, 0.05) is 5.56 Å². The minimum atomic E-state index is -0.374. The zero-order valence-corrected chi connectivity index (χ0v) is 17.9. The second kappa shape index (κ2) is 10.2. The molecule has 7 heteroatoms. The number of amides is 2. The Bertz CT molecular complexity index is 1130. The number of halogens is 1. The number of rotatable bonds is 8. The molecule has 0 aliphatic carbocycles. The number of carbonyl (C=O) groups excluding carboxylic acids is 2. The third-order valence-electron chi connectivity index (χ3n) is 4.71. The van der Waals surface area contributed by atoms with Crippen molar-refractivity contribution in [2.45, 2.75) is 6.61 Å². The van der Waals surface area contributed by atoms with E-state index in [0.717, 1.165) is 27.8 Å². The van der Waals surface area contributed by atoms with Gasteiger partial charge in [-0.25, -0.2) is 4.39 Å². The summed E-state index contributed by atoms with van der Waals surface area (Å²) in [5.41, 5.74) is 1.75.